The molecule has 2 rings (SSSR count). The topological polar surface area (TPSA) is 39.9 Å². The van der Waals surface area contributed by atoms with Gasteiger partial charge in [-0.3, -0.25) is 0 Å². The Labute approximate surface area is 83.6 Å². The molecule has 1 aromatic carbocycles. The zero-order valence-corrected chi connectivity index (χ0v) is 8.87. The molecule has 0 N–H and O–H groups in total. The van der Waals surface area contributed by atoms with E-state index in [0.717, 1.165) is 21.3 Å². The largest absolute Gasteiger partial charge is 0.494 e. The second kappa shape index (κ2) is 2.99. The van der Waals surface area contributed by atoms with Crippen molar-refractivity contribution in [3.05, 3.63) is 16.6 Å². The minimum absolute atomic E-state index is 0.742. The van der Waals surface area contributed by atoms with Gasteiger partial charge in [0.1, 0.15) is 11.3 Å². The van der Waals surface area contributed by atoms with E-state index in [1.807, 2.05) is 19.2 Å². The molecule has 0 spiro atoms. The Morgan fingerprint density at radius 1 is 1.46 bits per heavy atom. The molecule has 4 nitrogen and oxygen atoms in total. The van der Waals surface area contributed by atoms with Gasteiger partial charge < -0.3 is 4.74 Å². The highest BCUT2D eigenvalue weighted by atomic mass is 79.9. The van der Waals surface area contributed by atoms with E-state index < -0.39 is 0 Å². The summed E-state index contributed by atoms with van der Waals surface area (Å²) in [6.45, 7) is 0. The number of aryl methyl sites for hydroxylation is 1. The number of methoxy groups -OCH3 is 1. The van der Waals surface area contributed by atoms with Gasteiger partial charge in [0.25, 0.3) is 0 Å². The first-order valence-electron chi connectivity index (χ1n) is 3.76. The molecule has 5 heteroatoms. The Balaban J connectivity index is 2.87. The lowest BCUT2D eigenvalue weighted by Gasteiger charge is -2.01. The highest BCUT2D eigenvalue weighted by molar-refractivity contribution is 9.10. The van der Waals surface area contributed by atoms with Gasteiger partial charge in [-0.1, -0.05) is 5.21 Å². The summed E-state index contributed by atoms with van der Waals surface area (Å²) in [5.74, 6) is 0.742. The molecule has 2 aromatic rings. The maximum Gasteiger partial charge on any atom is 0.156 e. The molecule has 68 valence electrons. The first kappa shape index (κ1) is 8.50. The number of ether oxygens (including phenoxy) is 1. The van der Waals surface area contributed by atoms with Gasteiger partial charge in [-0.05, 0) is 28.1 Å². The maximum absolute atomic E-state index is 5.16. The highest BCUT2D eigenvalue weighted by Crippen LogP contribution is 2.28. The summed E-state index contributed by atoms with van der Waals surface area (Å²) in [5, 5.41) is 7.93. The first-order valence-corrected chi connectivity index (χ1v) is 4.55. The van der Waals surface area contributed by atoms with E-state index in [2.05, 4.69) is 26.2 Å². The number of rotatable bonds is 1. The summed E-state index contributed by atoms with van der Waals surface area (Å²) >= 11 is 3.43. The SMILES string of the molecule is COc1ccc(Br)c2c1nnn2C. The van der Waals surface area contributed by atoms with Crippen molar-refractivity contribution in [2.24, 2.45) is 7.05 Å². The van der Waals surface area contributed by atoms with E-state index >= 15 is 0 Å². The lowest BCUT2D eigenvalue weighted by atomic mass is 10.3. The van der Waals surface area contributed by atoms with Crippen molar-refractivity contribution in [1.82, 2.24) is 15.0 Å². The van der Waals surface area contributed by atoms with Gasteiger partial charge in [0.05, 0.1) is 7.11 Å². The second-order valence-electron chi connectivity index (χ2n) is 2.66. The highest BCUT2D eigenvalue weighted by Gasteiger charge is 2.10. The number of aromatic nitrogens is 3. The molecule has 0 saturated carbocycles. The Hall–Kier alpha value is -1.10. The number of hydrogen-bond donors (Lipinski definition) is 0. The van der Waals surface area contributed by atoms with Crippen LogP contribution in [0.4, 0.5) is 0 Å². The molecular weight excluding hydrogens is 234 g/mol. The summed E-state index contributed by atoms with van der Waals surface area (Å²) in [6, 6.07) is 3.78. The van der Waals surface area contributed by atoms with Crippen LogP contribution in [0, 0.1) is 0 Å². The maximum atomic E-state index is 5.16. The first-order chi connectivity index (χ1) is 6.24. The predicted molar refractivity (Wildman–Crippen MR) is 52.8 cm³/mol. The fourth-order valence-electron chi connectivity index (χ4n) is 1.26. The third kappa shape index (κ3) is 1.19. The number of hydrogen-bond acceptors (Lipinski definition) is 3. The normalized spacial score (nSPS) is 10.7. The van der Waals surface area contributed by atoms with Crippen LogP contribution < -0.4 is 4.74 Å². The van der Waals surface area contributed by atoms with Crippen LogP contribution in [-0.2, 0) is 7.05 Å². The molecular formula is C8H8BrN3O. The number of benzene rings is 1. The molecule has 0 aliphatic carbocycles. The lowest BCUT2D eigenvalue weighted by molar-refractivity contribution is 0.418. The fourth-order valence-corrected chi connectivity index (χ4v) is 1.84. The number of fused-ring (bicyclic) bond motifs is 1. The van der Waals surface area contributed by atoms with E-state index in [1.54, 1.807) is 11.8 Å². The van der Waals surface area contributed by atoms with Crippen molar-refractivity contribution >= 4 is 27.0 Å². The van der Waals surface area contributed by atoms with Crippen LogP contribution in [0.25, 0.3) is 11.0 Å². The van der Waals surface area contributed by atoms with Crippen LogP contribution in [0.1, 0.15) is 0 Å². The minimum Gasteiger partial charge on any atom is -0.494 e. The Bertz CT molecular complexity index is 452. The second-order valence-corrected chi connectivity index (χ2v) is 3.51. The van der Waals surface area contributed by atoms with Crippen molar-refractivity contribution in [1.29, 1.82) is 0 Å². The van der Waals surface area contributed by atoms with Gasteiger partial charge in [-0.2, -0.15) is 0 Å². The molecule has 0 atom stereocenters. The van der Waals surface area contributed by atoms with E-state index in [0.29, 0.717) is 0 Å². The monoisotopic (exact) mass is 241 g/mol. The van der Waals surface area contributed by atoms with E-state index in [9.17, 15) is 0 Å². The number of nitrogens with zero attached hydrogens (tertiary/aromatic N) is 3. The van der Waals surface area contributed by atoms with Crippen LogP contribution in [0.3, 0.4) is 0 Å². The van der Waals surface area contributed by atoms with Gasteiger partial charge in [-0.15, -0.1) is 5.10 Å². The van der Waals surface area contributed by atoms with E-state index in [1.165, 1.54) is 0 Å². The summed E-state index contributed by atoms with van der Waals surface area (Å²) in [7, 11) is 3.47. The van der Waals surface area contributed by atoms with Crippen molar-refractivity contribution in [3.63, 3.8) is 0 Å². The molecule has 0 amide bonds. The van der Waals surface area contributed by atoms with Crippen LogP contribution >= 0.6 is 15.9 Å². The van der Waals surface area contributed by atoms with Crippen molar-refractivity contribution < 1.29 is 4.74 Å². The molecule has 0 fully saturated rings. The molecule has 13 heavy (non-hydrogen) atoms. The third-order valence-corrected chi connectivity index (χ3v) is 2.53. The lowest BCUT2D eigenvalue weighted by Crippen LogP contribution is -1.90. The van der Waals surface area contributed by atoms with Crippen molar-refractivity contribution in [3.8, 4) is 5.75 Å². The predicted octanol–water partition coefficient (Wildman–Crippen LogP) is 1.74. The third-order valence-electron chi connectivity index (χ3n) is 1.89. The minimum atomic E-state index is 0.742. The van der Waals surface area contributed by atoms with Crippen molar-refractivity contribution in [2.75, 3.05) is 7.11 Å². The molecule has 0 aliphatic rings. The molecule has 0 bridgehead atoms. The van der Waals surface area contributed by atoms with E-state index in [-0.39, 0.29) is 0 Å². The zero-order chi connectivity index (χ0) is 9.42. The zero-order valence-electron chi connectivity index (χ0n) is 7.28. The molecule has 1 aromatic heterocycles. The average Bonchev–Trinajstić information content (AvgIpc) is 2.50. The summed E-state index contributed by atoms with van der Waals surface area (Å²) in [6.07, 6.45) is 0. The Morgan fingerprint density at radius 2 is 2.23 bits per heavy atom. The van der Waals surface area contributed by atoms with Gasteiger partial charge in [0.15, 0.2) is 5.52 Å². The Morgan fingerprint density at radius 3 is 2.92 bits per heavy atom. The molecule has 0 aliphatic heterocycles. The summed E-state index contributed by atoms with van der Waals surface area (Å²) in [4.78, 5) is 0. The van der Waals surface area contributed by atoms with Gasteiger partial charge in [-0.25, -0.2) is 4.68 Å². The molecule has 1 heterocycles. The summed E-state index contributed by atoms with van der Waals surface area (Å²) in [5.41, 5.74) is 1.72. The standard InChI is InChI=1S/C8H8BrN3O/c1-12-8-5(9)3-4-6(13-2)7(8)10-11-12/h3-4H,1-2H3. The molecule has 0 radical (unpaired) electrons. The quantitative estimate of drug-likeness (QED) is 0.764. The molecule has 0 unspecified atom stereocenters. The van der Waals surface area contributed by atoms with Crippen LogP contribution in [0.2, 0.25) is 0 Å². The van der Waals surface area contributed by atoms with Crippen LogP contribution in [0.5, 0.6) is 5.75 Å². The average molecular weight is 242 g/mol. The smallest absolute Gasteiger partial charge is 0.156 e. The van der Waals surface area contributed by atoms with E-state index in [4.69, 9.17) is 4.74 Å². The number of halogens is 1. The van der Waals surface area contributed by atoms with Crippen LogP contribution in [-0.4, -0.2) is 22.1 Å². The molecule has 0 saturated heterocycles. The van der Waals surface area contributed by atoms with Gasteiger partial charge >= 0.3 is 0 Å². The summed E-state index contributed by atoms with van der Waals surface area (Å²) < 4.78 is 7.84. The Kier molecular flexibility index (Phi) is 1.95. The fraction of sp³-hybridized carbons (Fsp3) is 0.250. The van der Waals surface area contributed by atoms with Gasteiger partial charge in [0.2, 0.25) is 0 Å². The van der Waals surface area contributed by atoms with Gasteiger partial charge in [0, 0.05) is 11.5 Å². The van der Waals surface area contributed by atoms with Crippen LogP contribution in [0.15, 0.2) is 16.6 Å². The van der Waals surface area contributed by atoms with Crippen molar-refractivity contribution in [2.45, 2.75) is 0 Å².